The number of ether oxygens (including phenoxy) is 2. The van der Waals surface area contributed by atoms with Crippen molar-refractivity contribution in [3.05, 3.63) is 77.9 Å². The Kier molecular flexibility index (Phi) is 10.5. The molecule has 2 amide bonds. The van der Waals surface area contributed by atoms with E-state index in [-0.39, 0.29) is 18.4 Å². The van der Waals surface area contributed by atoms with E-state index in [1.54, 1.807) is 18.2 Å². The average Bonchev–Trinajstić information content (AvgIpc) is 2.96. The summed E-state index contributed by atoms with van der Waals surface area (Å²) in [6, 6.07) is 20.6. The van der Waals surface area contributed by atoms with Crippen LogP contribution in [-0.2, 0) is 16.0 Å². The van der Waals surface area contributed by atoms with Gasteiger partial charge in [0.1, 0.15) is 5.75 Å². The second-order valence-corrected chi connectivity index (χ2v) is 15.2. The number of benzene rings is 3. The molecule has 1 fully saturated rings. The number of anilines is 2. The third-order valence-corrected chi connectivity index (χ3v) is 10.4. The molecule has 2 N–H and O–H groups in total. The van der Waals surface area contributed by atoms with E-state index in [1.807, 2.05) is 48.5 Å². The summed E-state index contributed by atoms with van der Waals surface area (Å²) in [5.41, 5.74) is 4.39. The molecule has 1 atom stereocenters. The number of hydrogen-bond donors (Lipinski definition) is 2. The van der Waals surface area contributed by atoms with E-state index < -0.39 is 26.2 Å². The number of carbonyl (C=O) groups excluding carboxylic acids is 3. The van der Waals surface area contributed by atoms with Crippen LogP contribution in [0.25, 0.3) is 11.1 Å². The maximum Gasteiger partial charge on any atom is 0.153 e. The van der Waals surface area contributed by atoms with Crippen LogP contribution < -0.4 is 15.4 Å². The third kappa shape index (κ3) is 8.04. The molecule has 1 unspecified atom stereocenters. The van der Waals surface area contributed by atoms with Crippen LogP contribution in [0.5, 0.6) is 5.75 Å². The van der Waals surface area contributed by atoms with Gasteiger partial charge in [-0.1, -0.05) is 0 Å². The van der Waals surface area contributed by atoms with E-state index in [2.05, 4.69) is 23.6 Å². The molecule has 4 rings (SSSR count). The number of piperidine rings is 1. The summed E-state index contributed by atoms with van der Waals surface area (Å²) < 4.78 is 13.5. The van der Waals surface area contributed by atoms with Gasteiger partial charge in [0, 0.05) is 11.8 Å². The molecular weight excluding hydrogens is 621 g/mol. The summed E-state index contributed by atoms with van der Waals surface area (Å²) in [6.45, 7) is 1.89. The molecule has 1 saturated heterocycles. The summed E-state index contributed by atoms with van der Waals surface area (Å²) in [5.74, 6) is 0.234. The van der Waals surface area contributed by atoms with E-state index in [9.17, 15) is 14.4 Å². The molecule has 0 radical (unpaired) electrons. The predicted octanol–water partition coefficient (Wildman–Crippen LogP) is 6.44. The fourth-order valence-electron chi connectivity index (χ4n) is 4.68. The second kappa shape index (κ2) is 14.3. The van der Waals surface area contributed by atoms with Gasteiger partial charge in [-0.15, -0.1) is 0 Å². The molecule has 1 heterocycles. The van der Waals surface area contributed by atoms with Crippen LogP contribution in [0.4, 0.5) is 16.2 Å². The van der Waals surface area contributed by atoms with Gasteiger partial charge in [0.15, 0.2) is 6.29 Å². The molecule has 0 spiro atoms. The Morgan fingerprint density at radius 1 is 1.05 bits per heavy atom. The van der Waals surface area contributed by atoms with Crippen molar-refractivity contribution in [2.45, 2.75) is 31.8 Å². The van der Waals surface area contributed by atoms with Crippen LogP contribution in [0.2, 0.25) is 0 Å². The van der Waals surface area contributed by atoms with Gasteiger partial charge >= 0.3 is 176 Å². The first-order valence-corrected chi connectivity index (χ1v) is 18.5. The zero-order valence-electron chi connectivity index (χ0n) is 23.1. The standard InChI is InChI=1S/C31H36IN3O5/c1-32(2)35-17-7-10-26(20-35)40-31(38)34-28-18-22(11-15-27(28)23-8-5-4-6-9-23)12-16-30(37)33-25-14-13-24(21-36)29(19-25)39-3/h4-6,8-9,11,13-15,18-19,21,26H,7,10,12,16-17,20H2,1-3H3,(H,33,37)(H,34,38). The molecule has 1 aliphatic heterocycles. The van der Waals surface area contributed by atoms with Gasteiger partial charge in [0.05, 0.1) is 12.7 Å². The minimum atomic E-state index is -1.11. The van der Waals surface area contributed by atoms with Gasteiger partial charge in [0.2, 0.25) is 0 Å². The summed E-state index contributed by atoms with van der Waals surface area (Å²) >= 11 is -1.11. The molecule has 1 aliphatic rings. The van der Waals surface area contributed by atoms with Crippen molar-refractivity contribution < 1.29 is 23.9 Å². The minimum absolute atomic E-state index is 0.111. The van der Waals surface area contributed by atoms with E-state index in [4.69, 9.17) is 9.47 Å². The molecular formula is C31H36IN3O5. The number of amides is 2. The molecule has 212 valence electrons. The summed E-state index contributed by atoms with van der Waals surface area (Å²) in [4.78, 5) is 41.4. The van der Waals surface area contributed by atoms with Crippen molar-refractivity contribution in [1.29, 1.82) is 0 Å². The summed E-state index contributed by atoms with van der Waals surface area (Å²) in [5, 5.41) is 5.84. The van der Waals surface area contributed by atoms with Crippen molar-refractivity contribution in [3.63, 3.8) is 0 Å². The number of alkyl halides is 2. The van der Waals surface area contributed by atoms with Crippen molar-refractivity contribution >= 4 is 49.8 Å². The molecule has 3 aromatic rings. The molecule has 0 aliphatic carbocycles. The van der Waals surface area contributed by atoms with Gasteiger partial charge in [-0.2, -0.15) is 0 Å². The fraction of sp³-hybridized carbons (Fsp3) is 0.323. The van der Waals surface area contributed by atoms with Gasteiger partial charge in [-0.3, -0.25) is 9.59 Å². The summed E-state index contributed by atoms with van der Waals surface area (Å²) in [7, 11) is 1.48. The summed E-state index contributed by atoms with van der Waals surface area (Å²) in [6.07, 6.45) is 2.77. The normalized spacial score (nSPS) is 15.6. The van der Waals surface area contributed by atoms with Gasteiger partial charge in [-0.25, -0.2) is 0 Å². The zero-order chi connectivity index (χ0) is 28.5. The third-order valence-electron chi connectivity index (χ3n) is 6.77. The fourth-order valence-corrected chi connectivity index (χ4v) is 7.21. The maximum atomic E-state index is 13.0. The number of halogens is 1. The smallest absolute Gasteiger partial charge is 0.153 e. The first kappa shape index (κ1) is 29.5. The van der Waals surface area contributed by atoms with Crippen molar-refractivity contribution in [1.82, 2.24) is 3.11 Å². The molecule has 0 aromatic heterocycles. The van der Waals surface area contributed by atoms with Crippen molar-refractivity contribution in [3.8, 4) is 16.9 Å². The number of nitrogens with zero attached hydrogens (tertiary/aromatic N) is 1. The van der Waals surface area contributed by atoms with Crippen molar-refractivity contribution in [2.24, 2.45) is 0 Å². The molecule has 40 heavy (non-hydrogen) atoms. The van der Waals surface area contributed by atoms with Crippen LogP contribution in [0, 0.1) is 0 Å². The molecule has 3 aromatic carbocycles. The first-order chi connectivity index (χ1) is 19.4. The van der Waals surface area contributed by atoms with Crippen LogP contribution in [0.15, 0.2) is 66.7 Å². The van der Waals surface area contributed by atoms with E-state index in [1.165, 1.54) is 7.11 Å². The predicted molar refractivity (Wildman–Crippen MR) is 168 cm³/mol. The molecule has 0 saturated carbocycles. The first-order valence-electron chi connectivity index (χ1n) is 13.2. The minimum Gasteiger partial charge on any atom is -0.298 e. The Morgan fingerprint density at radius 2 is 1.85 bits per heavy atom. The van der Waals surface area contributed by atoms with Crippen LogP contribution in [0.1, 0.15) is 35.2 Å². The Labute approximate surface area is 243 Å². The molecule has 0 bridgehead atoms. The number of methoxy groups -OCH3 is 1. The number of carbonyl (C=O) groups is 3. The molecule has 8 nitrogen and oxygen atoms in total. The Hall–Kier alpha value is -3.44. The van der Waals surface area contributed by atoms with Gasteiger partial charge in [0.25, 0.3) is 0 Å². The second-order valence-electron chi connectivity index (χ2n) is 9.75. The SMILES string of the molecule is COc1cc(NC(=O)CCc2ccc(-c3ccccc3)c(NC(=O)OC3CCCN(I(C)C)C3)c2)ccc1C=O. The topological polar surface area (TPSA) is 97.0 Å². The maximum absolute atomic E-state index is 13.0. The van der Waals surface area contributed by atoms with Crippen LogP contribution in [0.3, 0.4) is 0 Å². The largest absolute Gasteiger partial charge is 0.298 e. The zero-order valence-corrected chi connectivity index (χ0v) is 25.3. The average molecular weight is 658 g/mol. The monoisotopic (exact) mass is 657 g/mol. The van der Waals surface area contributed by atoms with E-state index >= 15 is 0 Å². The van der Waals surface area contributed by atoms with Gasteiger partial charge < -0.3 is 10.1 Å². The number of aldehydes is 1. The number of hydrogen-bond acceptors (Lipinski definition) is 6. The Morgan fingerprint density at radius 3 is 2.58 bits per heavy atom. The Bertz CT molecular complexity index is 1330. The van der Waals surface area contributed by atoms with Crippen LogP contribution in [-0.4, -0.2) is 57.6 Å². The van der Waals surface area contributed by atoms with Crippen molar-refractivity contribution in [2.75, 3.05) is 40.7 Å². The molecule has 9 heteroatoms. The van der Waals surface area contributed by atoms with E-state index in [0.717, 1.165) is 42.6 Å². The van der Waals surface area contributed by atoms with E-state index in [0.29, 0.717) is 35.4 Å². The number of aryl methyl sites for hydroxylation is 1. The quantitative estimate of drug-likeness (QED) is 0.113. The number of nitrogens with one attached hydrogen (secondary N) is 2. The van der Waals surface area contributed by atoms with Gasteiger partial charge in [-0.05, 0) is 12.1 Å². The number of rotatable bonds is 10. The Balaban J connectivity index is 1.44. The van der Waals surface area contributed by atoms with Crippen LogP contribution >= 0.6 is 20.1 Å².